The maximum atomic E-state index is 9.79. The van der Waals surface area contributed by atoms with E-state index in [1.54, 1.807) is 11.0 Å². The minimum Gasteiger partial charge on any atom is -0.389 e. The van der Waals surface area contributed by atoms with Gasteiger partial charge in [-0.15, -0.1) is 0 Å². The second-order valence-corrected chi connectivity index (χ2v) is 5.41. The van der Waals surface area contributed by atoms with Crippen molar-refractivity contribution in [3.8, 4) is 0 Å². The fraction of sp³-hybridized carbons (Fsp3) is 0.667. The molecule has 0 aliphatic heterocycles. The van der Waals surface area contributed by atoms with Crippen molar-refractivity contribution in [1.82, 2.24) is 14.8 Å². The number of rotatable bonds is 2. The maximum absolute atomic E-state index is 9.79. The van der Waals surface area contributed by atoms with Crippen LogP contribution in [0.4, 0.5) is 0 Å². The van der Waals surface area contributed by atoms with Crippen LogP contribution in [0.5, 0.6) is 0 Å². The van der Waals surface area contributed by atoms with E-state index < -0.39 is 0 Å². The summed E-state index contributed by atoms with van der Waals surface area (Å²) in [4.78, 5) is 4.21. The smallest absolute Gasteiger partial charge is 0.138 e. The minimum absolute atomic E-state index is 0.183. The van der Waals surface area contributed by atoms with Crippen LogP contribution in [0.1, 0.15) is 32.5 Å². The number of nitrogens with zero attached hydrogens (tertiary/aromatic N) is 3. The monoisotopic (exact) mass is 221 g/mol. The van der Waals surface area contributed by atoms with Crippen molar-refractivity contribution >= 4 is 0 Å². The highest BCUT2D eigenvalue weighted by Crippen LogP contribution is 2.36. The molecule has 2 rings (SSSR count). The van der Waals surface area contributed by atoms with Crippen LogP contribution in [-0.2, 0) is 13.5 Å². The molecule has 1 aromatic rings. The zero-order valence-corrected chi connectivity index (χ0v) is 10.1. The quantitative estimate of drug-likeness (QED) is 0.769. The third-order valence-electron chi connectivity index (χ3n) is 3.09. The van der Waals surface area contributed by atoms with Crippen molar-refractivity contribution < 1.29 is 5.11 Å². The molecule has 1 aromatic heterocycles. The average Bonchev–Trinajstić information content (AvgIpc) is 2.48. The first-order valence-corrected chi connectivity index (χ1v) is 5.67. The molecule has 4 heteroatoms. The van der Waals surface area contributed by atoms with Crippen LogP contribution in [0.25, 0.3) is 0 Å². The maximum Gasteiger partial charge on any atom is 0.138 e. The molecule has 0 radical (unpaired) electrons. The van der Waals surface area contributed by atoms with E-state index >= 15 is 0 Å². The van der Waals surface area contributed by atoms with Crippen LogP contribution >= 0.6 is 0 Å². The molecule has 1 aliphatic carbocycles. The number of aryl methyl sites for hydroxylation is 1. The van der Waals surface area contributed by atoms with Crippen molar-refractivity contribution in [2.75, 3.05) is 0 Å². The Morgan fingerprint density at radius 2 is 2.31 bits per heavy atom. The first-order chi connectivity index (χ1) is 7.46. The molecule has 1 atom stereocenters. The van der Waals surface area contributed by atoms with E-state index in [0.29, 0.717) is 0 Å². The van der Waals surface area contributed by atoms with Gasteiger partial charge >= 0.3 is 0 Å². The molecule has 0 amide bonds. The number of hydrogen-bond donors (Lipinski definition) is 1. The van der Waals surface area contributed by atoms with Crippen LogP contribution in [-0.4, -0.2) is 26.0 Å². The lowest BCUT2D eigenvalue weighted by Crippen LogP contribution is -2.25. The summed E-state index contributed by atoms with van der Waals surface area (Å²) in [5.41, 5.74) is 1.45. The molecular formula is C12H19N3O. The highest BCUT2D eigenvalue weighted by atomic mass is 16.3. The van der Waals surface area contributed by atoms with Gasteiger partial charge in [0.05, 0.1) is 6.10 Å². The summed E-state index contributed by atoms with van der Waals surface area (Å²) in [5, 5.41) is 13.8. The lowest BCUT2D eigenvalue weighted by molar-refractivity contribution is 0.138. The summed E-state index contributed by atoms with van der Waals surface area (Å²) >= 11 is 0. The van der Waals surface area contributed by atoms with E-state index in [4.69, 9.17) is 0 Å². The number of aliphatic hydroxyl groups excluding tert-OH is 1. The highest BCUT2D eigenvalue weighted by molar-refractivity contribution is 5.17. The van der Waals surface area contributed by atoms with Gasteiger partial charge in [0.15, 0.2) is 0 Å². The van der Waals surface area contributed by atoms with E-state index in [1.165, 1.54) is 5.57 Å². The lowest BCUT2D eigenvalue weighted by Gasteiger charge is -2.32. The van der Waals surface area contributed by atoms with Crippen molar-refractivity contribution in [3.63, 3.8) is 0 Å². The van der Waals surface area contributed by atoms with Crippen LogP contribution in [0.15, 0.2) is 18.0 Å². The van der Waals surface area contributed by atoms with Gasteiger partial charge in [0.2, 0.25) is 0 Å². The Hall–Kier alpha value is -1.16. The highest BCUT2D eigenvalue weighted by Gasteiger charge is 2.27. The van der Waals surface area contributed by atoms with Crippen molar-refractivity contribution in [3.05, 3.63) is 23.8 Å². The molecule has 16 heavy (non-hydrogen) atoms. The SMILES string of the molecule is Cn1ncnc1CC1=CC(O)CC(C)(C)C1. The summed E-state index contributed by atoms with van der Waals surface area (Å²) in [6.07, 6.45) is 5.88. The number of aliphatic hydroxyl groups is 1. The Kier molecular flexibility index (Phi) is 2.84. The predicted octanol–water partition coefficient (Wildman–Crippen LogP) is 1.46. The third-order valence-corrected chi connectivity index (χ3v) is 3.09. The van der Waals surface area contributed by atoms with Gasteiger partial charge in [-0.2, -0.15) is 5.10 Å². The molecule has 0 saturated heterocycles. The Labute approximate surface area is 96.0 Å². The fourth-order valence-electron chi connectivity index (χ4n) is 2.45. The molecule has 1 unspecified atom stereocenters. The topological polar surface area (TPSA) is 50.9 Å². The zero-order chi connectivity index (χ0) is 11.8. The molecule has 0 saturated carbocycles. The summed E-state index contributed by atoms with van der Waals surface area (Å²) in [6, 6.07) is 0. The van der Waals surface area contributed by atoms with Crippen molar-refractivity contribution in [2.45, 2.75) is 39.2 Å². The predicted molar refractivity (Wildman–Crippen MR) is 61.8 cm³/mol. The molecule has 1 heterocycles. The van der Waals surface area contributed by atoms with Gasteiger partial charge in [0.1, 0.15) is 12.2 Å². The molecule has 88 valence electrons. The van der Waals surface area contributed by atoms with Gasteiger partial charge in [-0.25, -0.2) is 4.98 Å². The summed E-state index contributed by atoms with van der Waals surface area (Å²) in [5.74, 6) is 0.955. The van der Waals surface area contributed by atoms with Gasteiger partial charge in [-0.1, -0.05) is 25.5 Å². The zero-order valence-electron chi connectivity index (χ0n) is 10.1. The van der Waals surface area contributed by atoms with Crippen LogP contribution < -0.4 is 0 Å². The molecular weight excluding hydrogens is 202 g/mol. The third kappa shape index (κ3) is 2.50. The Balaban J connectivity index is 2.13. The summed E-state index contributed by atoms with van der Waals surface area (Å²) in [6.45, 7) is 4.39. The standard InChI is InChI=1S/C12H19N3O/c1-12(2)6-9(4-10(16)7-12)5-11-13-8-14-15(11)3/h4,8,10,16H,5-7H2,1-3H3. The van der Waals surface area contributed by atoms with E-state index in [-0.39, 0.29) is 11.5 Å². The molecule has 0 spiro atoms. The molecule has 1 aliphatic rings. The van der Waals surface area contributed by atoms with Gasteiger partial charge in [0.25, 0.3) is 0 Å². The summed E-state index contributed by atoms with van der Waals surface area (Å²) < 4.78 is 1.79. The normalized spacial score (nSPS) is 24.2. The van der Waals surface area contributed by atoms with Gasteiger partial charge in [0, 0.05) is 13.5 Å². The number of hydrogen-bond acceptors (Lipinski definition) is 3. The fourth-order valence-corrected chi connectivity index (χ4v) is 2.45. The Morgan fingerprint density at radius 3 is 2.88 bits per heavy atom. The summed E-state index contributed by atoms with van der Waals surface area (Å²) in [7, 11) is 1.90. The first kappa shape index (κ1) is 11.3. The number of aromatic nitrogens is 3. The van der Waals surface area contributed by atoms with E-state index in [0.717, 1.165) is 25.1 Å². The van der Waals surface area contributed by atoms with E-state index in [1.807, 2.05) is 13.1 Å². The molecule has 0 fully saturated rings. The van der Waals surface area contributed by atoms with E-state index in [2.05, 4.69) is 23.9 Å². The van der Waals surface area contributed by atoms with E-state index in [9.17, 15) is 5.11 Å². The number of allylic oxidation sites excluding steroid dienone is 1. The Morgan fingerprint density at radius 1 is 1.56 bits per heavy atom. The van der Waals surface area contributed by atoms with Crippen LogP contribution in [0, 0.1) is 5.41 Å². The largest absolute Gasteiger partial charge is 0.389 e. The first-order valence-electron chi connectivity index (χ1n) is 5.67. The minimum atomic E-state index is -0.313. The van der Waals surface area contributed by atoms with Crippen LogP contribution in [0.2, 0.25) is 0 Å². The molecule has 4 nitrogen and oxygen atoms in total. The molecule has 1 N–H and O–H groups in total. The second kappa shape index (κ2) is 4.01. The van der Waals surface area contributed by atoms with Gasteiger partial charge in [-0.3, -0.25) is 4.68 Å². The van der Waals surface area contributed by atoms with Crippen LogP contribution in [0.3, 0.4) is 0 Å². The van der Waals surface area contributed by atoms with Crippen molar-refractivity contribution in [2.24, 2.45) is 12.5 Å². The molecule has 0 bridgehead atoms. The van der Waals surface area contributed by atoms with Gasteiger partial charge < -0.3 is 5.11 Å². The van der Waals surface area contributed by atoms with Gasteiger partial charge in [-0.05, 0) is 18.3 Å². The van der Waals surface area contributed by atoms with Crippen molar-refractivity contribution in [1.29, 1.82) is 0 Å². The molecule has 0 aromatic carbocycles. The lowest BCUT2D eigenvalue weighted by atomic mass is 9.75. The Bertz CT molecular complexity index is 406. The second-order valence-electron chi connectivity index (χ2n) is 5.41. The average molecular weight is 221 g/mol.